The van der Waals surface area contributed by atoms with E-state index in [1.54, 1.807) is 4.68 Å². The summed E-state index contributed by atoms with van der Waals surface area (Å²) >= 11 is 0. The molecule has 1 N–H and O–H groups in total. The molecule has 0 spiro atoms. The van der Waals surface area contributed by atoms with E-state index in [4.69, 9.17) is 9.52 Å². The summed E-state index contributed by atoms with van der Waals surface area (Å²) in [6.45, 7) is 3.84. The lowest BCUT2D eigenvalue weighted by Gasteiger charge is -1.94. The molecule has 0 saturated carbocycles. The van der Waals surface area contributed by atoms with Crippen LogP contribution in [-0.4, -0.2) is 20.9 Å². The van der Waals surface area contributed by atoms with Crippen molar-refractivity contribution in [3.63, 3.8) is 0 Å². The zero-order valence-corrected chi connectivity index (χ0v) is 9.31. The van der Waals surface area contributed by atoms with Crippen molar-refractivity contribution >= 4 is 23.1 Å². The second-order valence-corrected chi connectivity index (χ2v) is 3.65. The van der Waals surface area contributed by atoms with Crippen LogP contribution >= 0.6 is 0 Å². The average Bonchev–Trinajstić information content (AvgIpc) is 2.64. The van der Waals surface area contributed by atoms with Crippen molar-refractivity contribution in [3.05, 3.63) is 23.1 Å². The van der Waals surface area contributed by atoms with E-state index in [1.165, 1.54) is 6.08 Å². The highest BCUT2D eigenvalue weighted by atomic mass is 16.4. The SMILES string of the molecule is Cc1c(/C=C/C(=O)O)oc2nn(C)c(C)c12. The Bertz CT molecular complexity index is 590. The summed E-state index contributed by atoms with van der Waals surface area (Å²) in [6, 6.07) is 0. The van der Waals surface area contributed by atoms with Gasteiger partial charge < -0.3 is 9.52 Å². The van der Waals surface area contributed by atoms with Gasteiger partial charge in [-0.2, -0.15) is 0 Å². The fourth-order valence-corrected chi connectivity index (χ4v) is 1.69. The van der Waals surface area contributed by atoms with Crippen LogP contribution in [0.25, 0.3) is 17.2 Å². The number of carbonyl (C=O) groups is 1. The molecule has 0 aliphatic carbocycles. The fourth-order valence-electron chi connectivity index (χ4n) is 1.69. The van der Waals surface area contributed by atoms with Gasteiger partial charge in [0, 0.05) is 24.4 Å². The van der Waals surface area contributed by atoms with Crippen molar-refractivity contribution < 1.29 is 14.3 Å². The second-order valence-electron chi connectivity index (χ2n) is 3.65. The molecule has 0 aliphatic rings. The van der Waals surface area contributed by atoms with Crippen LogP contribution in [0.3, 0.4) is 0 Å². The number of fused-ring (bicyclic) bond motifs is 1. The van der Waals surface area contributed by atoms with Gasteiger partial charge in [-0.1, -0.05) is 0 Å². The van der Waals surface area contributed by atoms with Gasteiger partial charge in [0.15, 0.2) is 0 Å². The van der Waals surface area contributed by atoms with Gasteiger partial charge in [-0.15, -0.1) is 5.10 Å². The van der Waals surface area contributed by atoms with Crippen LogP contribution in [0.2, 0.25) is 0 Å². The number of hydrogen-bond acceptors (Lipinski definition) is 3. The van der Waals surface area contributed by atoms with Crippen LogP contribution in [0.1, 0.15) is 17.0 Å². The van der Waals surface area contributed by atoms with E-state index in [0.717, 1.165) is 22.7 Å². The highest BCUT2D eigenvalue weighted by Crippen LogP contribution is 2.27. The number of aryl methyl sites for hydroxylation is 3. The van der Waals surface area contributed by atoms with Crippen molar-refractivity contribution in [2.75, 3.05) is 0 Å². The molecule has 2 rings (SSSR count). The van der Waals surface area contributed by atoms with E-state index in [1.807, 2.05) is 20.9 Å². The third-order valence-corrected chi connectivity index (χ3v) is 2.63. The number of hydrogen-bond donors (Lipinski definition) is 1. The van der Waals surface area contributed by atoms with E-state index in [-0.39, 0.29) is 0 Å². The Hall–Kier alpha value is -2.04. The van der Waals surface area contributed by atoms with Gasteiger partial charge in [-0.3, -0.25) is 4.68 Å². The van der Waals surface area contributed by atoms with Crippen LogP contribution in [0.4, 0.5) is 0 Å². The molecule has 0 aliphatic heterocycles. The van der Waals surface area contributed by atoms with Gasteiger partial charge in [-0.05, 0) is 19.9 Å². The Morgan fingerprint density at radius 3 is 2.75 bits per heavy atom. The molecule has 5 heteroatoms. The molecule has 2 aromatic rings. The smallest absolute Gasteiger partial charge is 0.328 e. The van der Waals surface area contributed by atoms with E-state index in [9.17, 15) is 4.79 Å². The molecule has 16 heavy (non-hydrogen) atoms. The maximum Gasteiger partial charge on any atom is 0.328 e. The van der Waals surface area contributed by atoms with Crippen molar-refractivity contribution in [1.82, 2.24) is 9.78 Å². The maximum absolute atomic E-state index is 10.4. The van der Waals surface area contributed by atoms with Crippen LogP contribution in [0.15, 0.2) is 10.5 Å². The number of carboxylic acid groups (broad SMARTS) is 1. The number of aromatic nitrogens is 2. The monoisotopic (exact) mass is 220 g/mol. The minimum atomic E-state index is -0.995. The first-order valence-electron chi connectivity index (χ1n) is 4.84. The summed E-state index contributed by atoms with van der Waals surface area (Å²) < 4.78 is 7.21. The number of rotatable bonds is 2. The molecule has 0 unspecified atom stereocenters. The Labute approximate surface area is 92.0 Å². The lowest BCUT2D eigenvalue weighted by atomic mass is 10.2. The Morgan fingerprint density at radius 1 is 1.50 bits per heavy atom. The normalized spacial score (nSPS) is 11.7. The highest BCUT2D eigenvalue weighted by molar-refractivity contribution is 5.88. The third-order valence-electron chi connectivity index (χ3n) is 2.63. The van der Waals surface area contributed by atoms with E-state index in [0.29, 0.717) is 11.5 Å². The molecule has 0 radical (unpaired) electrons. The van der Waals surface area contributed by atoms with Crippen LogP contribution in [-0.2, 0) is 11.8 Å². The lowest BCUT2D eigenvalue weighted by Crippen LogP contribution is -1.92. The predicted molar refractivity (Wildman–Crippen MR) is 59.1 cm³/mol. The molecule has 2 aromatic heterocycles. The zero-order valence-electron chi connectivity index (χ0n) is 9.31. The van der Waals surface area contributed by atoms with Gasteiger partial charge in [-0.25, -0.2) is 4.79 Å². The largest absolute Gasteiger partial charge is 0.478 e. The van der Waals surface area contributed by atoms with E-state index >= 15 is 0 Å². The molecular formula is C11H12N2O3. The molecule has 0 bridgehead atoms. The van der Waals surface area contributed by atoms with E-state index in [2.05, 4.69) is 5.10 Å². The summed E-state index contributed by atoms with van der Waals surface area (Å²) in [4.78, 5) is 10.4. The molecule has 0 saturated heterocycles. The van der Waals surface area contributed by atoms with Crippen molar-refractivity contribution in [2.24, 2.45) is 7.05 Å². The summed E-state index contributed by atoms with van der Waals surface area (Å²) in [5, 5.41) is 13.7. The van der Waals surface area contributed by atoms with Crippen molar-refractivity contribution in [2.45, 2.75) is 13.8 Å². The Kier molecular flexibility index (Phi) is 2.30. The van der Waals surface area contributed by atoms with Gasteiger partial charge >= 0.3 is 5.97 Å². The summed E-state index contributed by atoms with van der Waals surface area (Å²) in [5.74, 6) is -0.450. The molecule has 84 valence electrons. The van der Waals surface area contributed by atoms with Gasteiger partial charge in [0.25, 0.3) is 0 Å². The predicted octanol–water partition coefficient (Wildman–Crippen LogP) is 1.88. The molecule has 0 amide bonds. The topological polar surface area (TPSA) is 68.3 Å². The van der Waals surface area contributed by atoms with Gasteiger partial charge in [0.1, 0.15) is 5.76 Å². The number of carboxylic acids is 1. The molecule has 5 nitrogen and oxygen atoms in total. The standard InChI is InChI=1S/C11H12N2O3/c1-6-8(4-5-9(14)15)16-11-10(6)7(2)13(3)12-11/h4-5H,1-3H3,(H,14,15)/b5-4+. The zero-order chi connectivity index (χ0) is 11.9. The first-order valence-corrected chi connectivity index (χ1v) is 4.84. The first kappa shape index (κ1) is 10.5. The highest BCUT2D eigenvalue weighted by Gasteiger charge is 2.15. The minimum Gasteiger partial charge on any atom is -0.478 e. The average molecular weight is 220 g/mol. The van der Waals surface area contributed by atoms with Crippen LogP contribution in [0, 0.1) is 13.8 Å². The number of nitrogens with zero attached hydrogens (tertiary/aromatic N) is 2. The summed E-state index contributed by atoms with van der Waals surface area (Å²) in [6.07, 6.45) is 2.50. The Morgan fingerprint density at radius 2 is 2.19 bits per heavy atom. The van der Waals surface area contributed by atoms with E-state index < -0.39 is 5.97 Å². The minimum absolute atomic E-state index is 0.544. The molecular weight excluding hydrogens is 208 g/mol. The lowest BCUT2D eigenvalue weighted by molar-refractivity contribution is -0.131. The maximum atomic E-state index is 10.4. The van der Waals surface area contributed by atoms with Crippen LogP contribution < -0.4 is 0 Å². The summed E-state index contributed by atoms with van der Waals surface area (Å²) in [5.41, 5.74) is 2.46. The van der Waals surface area contributed by atoms with Crippen molar-refractivity contribution in [3.8, 4) is 0 Å². The van der Waals surface area contributed by atoms with Crippen molar-refractivity contribution in [1.29, 1.82) is 0 Å². The van der Waals surface area contributed by atoms with Gasteiger partial charge in [0.05, 0.1) is 5.39 Å². The molecule has 0 aromatic carbocycles. The first-order chi connectivity index (χ1) is 7.50. The third kappa shape index (κ3) is 1.50. The number of aliphatic carboxylic acids is 1. The number of furan rings is 1. The Balaban J connectivity index is 2.58. The fraction of sp³-hybridized carbons (Fsp3) is 0.273. The molecule has 2 heterocycles. The van der Waals surface area contributed by atoms with Gasteiger partial charge in [0.2, 0.25) is 5.71 Å². The summed E-state index contributed by atoms with van der Waals surface area (Å²) in [7, 11) is 1.84. The molecule has 0 fully saturated rings. The quantitative estimate of drug-likeness (QED) is 0.784. The van der Waals surface area contributed by atoms with Crippen LogP contribution in [0.5, 0.6) is 0 Å². The second kappa shape index (κ2) is 3.52. The molecule has 0 atom stereocenters.